The van der Waals surface area contributed by atoms with Crippen LogP contribution in [0.1, 0.15) is 33.3 Å². The van der Waals surface area contributed by atoms with E-state index in [4.69, 9.17) is 14.2 Å². The summed E-state index contributed by atoms with van der Waals surface area (Å²) in [5.41, 5.74) is -0.439. The highest BCUT2D eigenvalue weighted by molar-refractivity contribution is 6.04. The van der Waals surface area contributed by atoms with Gasteiger partial charge in [0.2, 0.25) is 0 Å². The number of esters is 2. The summed E-state index contributed by atoms with van der Waals surface area (Å²) in [5.74, 6) is -2.74. The highest BCUT2D eigenvalue weighted by Gasteiger charge is 2.66. The highest BCUT2D eigenvalue weighted by atomic mass is 16.7. The molecule has 0 amide bonds. The lowest BCUT2D eigenvalue weighted by molar-refractivity contribution is -0.384. The molecule has 3 atom stereocenters. The van der Waals surface area contributed by atoms with Crippen molar-refractivity contribution in [3.8, 4) is 0 Å². The molecule has 28 heavy (non-hydrogen) atoms. The first-order chi connectivity index (χ1) is 13.0. The Labute approximate surface area is 161 Å². The van der Waals surface area contributed by atoms with Crippen LogP contribution >= 0.6 is 0 Å². The number of rotatable bonds is 1. The van der Waals surface area contributed by atoms with Gasteiger partial charge in [0.1, 0.15) is 0 Å². The van der Waals surface area contributed by atoms with E-state index in [0.717, 1.165) is 5.69 Å². The van der Waals surface area contributed by atoms with Crippen LogP contribution in [-0.4, -0.2) is 47.4 Å². The van der Waals surface area contributed by atoms with E-state index >= 15 is 0 Å². The van der Waals surface area contributed by atoms with Gasteiger partial charge in [-0.3, -0.25) is 19.7 Å². The first kappa shape index (κ1) is 18.7. The van der Waals surface area contributed by atoms with Crippen LogP contribution in [0.4, 0.5) is 11.4 Å². The number of morpholine rings is 1. The zero-order valence-corrected chi connectivity index (χ0v) is 16.1. The van der Waals surface area contributed by atoms with Crippen molar-refractivity contribution in [1.82, 2.24) is 0 Å². The Kier molecular flexibility index (Phi) is 3.94. The monoisotopic (exact) mass is 390 g/mol. The molecule has 0 radical (unpaired) electrons. The molecule has 1 spiro atoms. The number of ether oxygens (including phenoxy) is 3. The number of nitro groups is 1. The Bertz CT molecular complexity index is 861. The summed E-state index contributed by atoms with van der Waals surface area (Å²) in [4.78, 5) is 39.0. The topological polar surface area (TPSA) is 108 Å². The molecule has 2 saturated heterocycles. The molecule has 1 aromatic carbocycles. The molecule has 4 rings (SSSR count). The number of cyclic esters (lactones) is 2. The average Bonchev–Trinajstić information content (AvgIpc) is 2.57. The summed E-state index contributed by atoms with van der Waals surface area (Å²) in [7, 11) is 0. The zero-order valence-electron chi connectivity index (χ0n) is 16.1. The van der Waals surface area contributed by atoms with E-state index < -0.39 is 40.2 Å². The van der Waals surface area contributed by atoms with Crippen molar-refractivity contribution in [2.75, 3.05) is 11.4 Å². The van der Waals surface area contributed by atoms with Gasteiger partial charge in [-0.1, -0.05) is 0 Å². The molecule has 0 bridgehead atoms. The molecule has 0 unspecified atom stereocenters. The smallest absolute Gasteiger partial charge is 0.329 e. The molecule has 1 aromatic rings. The molecule has 3 aliphatic heterocycles. The van der Waals surface area contributed by atoms with Crippen LogP contribution in [0.5, 0.6) is 0 Å². The lowest BCUT2D eigenvalue weighted by Crippen LogP contribution is -2.71. The van der Waals surface area contributed by atoms with Crippen molar-refractivity contribution in [3.63, 3.8) is 0 Å². The summed E-state index contributed by atoms with van der Waals surface area (Å²) in [6, 6.07) is 3.88. The van der Waals surface area contributed by atoms with Crippen LogP contribution in [0.2, 0.25) is 0 Å². The Balaban J connectivity index is 1.90. The van der Waals surface area contributed by atoms with Gasteiger partial charge in [-0.25, -0.2) is 0 Å². The first-order valence-corrected chi connectivity index (χ1v) is 9.21. The molecule has 9 nitrogen and oxygen atoms in total. The van der Waals surface area contributed by atoms with Gasteiger partial charge in [0.05, 0.1) is 23.2 Å². The van der Waals surface area contributed by atoms with Gasteiger partial charge in [0.25, 0.3) is 11.5 Å². The van der Waals surface area contributed by atoms with Gasteiger partial charge >= 0.3 is 11.9 Å². The predicted octanol–water partition coefficient (Wildman–Crippen LogP) is 1.96. The fourth-order valence-electron chi connectivity index (χ4n) is 4.67. The van der Waals surface area contributed by atoms with Gasteiger partial charge in [-0.05, 0) is 25.5 Å². The van der Waals surface area contributed by atoms with E-state index in [1.165, 1.54) is 26.0 Å². The van der Waals surface area contributed by atoms with Crippen LogP contribution in [0.3, 0.4) is 0 Å². The van der Waals surface area contributed by atoms with E-state index in [1.807, 2.05) is 18.7 Å². The number of anilines is 1. The molecule has 3 aliphatic rings. The van der Waals surface area contributed by atoms with Crippen LogP contribution in [0.15, 0.2) is 18.2 Å². The predicted molar refractivity (Wildman–Crippen MR) is 96.6 cm³/mol. The van der Waals surface area contributed by atoms with E-state index in [1.54, 1.807) is 6.07 Å². The molecule has 9 heteroatoms. The third kappa shape index (κ3) is 2.56. The molecular formula is C19H22N2O7. The maximum absolute atomic E-state index is 13.2. The second-order valence-electron chi connectivity index (χ2n) is 8.15. The maximum atomic E-state index is 13.2. The lowest BCUT2D eigenvalue weighted by atomic mass is 9.68. The summed E-state index contributed by atoms with van der Waals surface area (Å²) in [6.45, 7) is 7.15. The molecule has 3 heterocycles. The van der Waals surface area contributed by atoms with E-state index in [0.29, 0.717) is 12.1 Å². The largest absolute Gasteiger partial charge is 0.422 e. The maximum Gasteiger partial charge on any atom is 0.329 e. The molecule has 0 N–H and O–H groups in total. The molecule has 0 aliphatic carbocycles. The average molecular weight is 390 g/mol. The molecule has 150 valence electrons. The van der Waals surface area contributed by atoms with Crippen LogP contribution < -0.4 is 4.90 Å². The van der Waals surface area contributed by atoms with Gasteiger partial charge in [-0.15, -0.1) is 0 Å². The number of carbonyl (C=O) groups excluding carboxylic acids is 2. The molecular weight excluding hydrogens is 368 g/mol. The Hall–Kier alpha value is -2.68. The number of fused-ring (bicyclic) bond motifs is 4. The zero-order chi connectivity index (χ0) is 20.4. The summed E-state index contributed by atoms with van der Waals surface area (Å²) >= 11 is 0. The number of carbonyl (C=O) groups is 2. The second kappa shape index (κ2) is 5.91. The number of benzene rings is 1. The van der Waals surface area contributed by atoms with Gasteiger partial charge in [0, 0.05) is 44.6 Å². The second-order valence-corrected chi connectivity index (χ2v) is 8.15. The Morgan fingerprint density at radius 1 is 1.18 bits per heavy atom. The minimum atomic E-state index is -1.64. The Morgan fingerprint density at radius 3 is 2.43 bits per heavy atom. The van der Waals surface area contributed by atoms with Crippen LogP contribution in [0.25, 0.3) is 0 Å². The SMILES string of the molecule is C[C@@H]1CN2c3ccc([N+](=O)[O-])cc3CC3(C(=O)OC(C)(C)OC3=O)[C@H]2[C@@H](C)O1. The van der Waals surface area contributed by atoms with Crippen molar-refractivity contribution in [2.24, 2.45) is 5.41 Å². The minimum absolute atomic E-state index is 0.0407. The fraction of sp³-hybridized carbons (Fsp3) is 0.579. The van der Waals surface area contributed by atoms with Gasteiger partial charge in [-0.2, -0.15) is 0 Å². The summed E-state index contributed by atoms with van der Waals surface area (Å²) in [5, 5.41) is 11.2. The van der Waals surface area contributed by atoms with E-state index in [-0.39, 0.29) is 18.2 Å². The molecule has 0 saturated carbocycles. The third-order valence-electron chi connectivity index (χ3n) is 5.64. The van der Waals surface area contributed by atoms with Crippen molar-refractivity contribution in [1.29, 1.82) is 0 Å². The van der Waals surface area contributed by atoms with Crippen LogP contribution in [0, 0.1) is 15.5 Å². The van der Waals surface area contributed by atoms with Crippen molar-refractivity contribution < 1.29 is 28.7 Å². The summed E-state index contributed by atoms with van der Waals surface area (Å²) in [6.07, 6.45) is -0.633. The third-order valence-corrected chi connectivity index (χ3v) is 5.64. The summed E-state index contributed by atoms with van der Waals surface area (Å²) < 4.78 is 16.9. The Morgan fingerprint density at radius 2 is 1.82 bits per heavy atom. The minimum Gasteiger partial charge on any atom is -0.422 e. The quantitative estimate of drug-likeness (QED) is 0.310. The molecule has 2 fully saturated rings. The highest BCUT2D eigenvalue weighted by Crippen LogP contribution is 2.50. The van der Waals surface area contributed by atoms with E-state index in [2.05, 4.69) is 0 Å². The standard InChI is InChI=1S/C19H22N2O7/c1-10-9-20-14-6-5-13(21(24)25)7-12(14)8-19(15(20)11(2)26-10)16(22)27-18(3,4)28-17(19)23/h5-7,10-11,15H,8-9H2,1-4H3/t10-,11-,15-/m1/s1. The van der Waals surface area contributed by atoms with Crippen molar-refractivity contribution in [2.45, 2.75) is 58.2 Å². The number of nitrogens with zero attached hydrogens (tertiary/aromatic N) is 2. The van der Waals surface area contributed by atoms with Crippen molar-refractivity contribution >= 4 is 23.3 Å². The van der Waals surface area contributed by atoms with Crippen molar-refractivity contribution in [3.05, 3.63) is 33.9 Å². The lowest BCUT2D eigenvalue weighted by Gasteiger charge is -2.55. The number of nitro benzene ring substituents is 1. The van der Waals surface area contributed by atoms with Crippen LogP contribution in [-0.2, 0) is 30.2 Å². The van der Waals surface area contributed by atoms with Gasteiger partial charge in [0.15, 0.2) is 5.41 Å². The van der Waals surface area contributed by atoms with Gasteiger partial charge < -0.3 is 19.1 Å². The first-order valence-electron chi connectivity index (χ1n) is 9.21. The number of hydrogen-bond acceptors (Lipinski definition) is 8. The number of hydrogen-bond donors (Lipinski definition) is 0. The fourth-order valence-corrected chi connectivity index (χ4v) is 4.67. The molecule has 0 aromatic heterocycles. The van der Waals surface area contributed by atoms with E-state index in [9.17, 15) is 19.7 Å². The normalized spacial score (nSPS) is 30.1. The number of non-ortho nitro benzene ring substituents is 1.